The molecule has 3 aromatic rings. The maximum absolute atomic E-state index is 13.7. The molecule has 0 radical (unpaired) electrons. The third-order valence-electron chi connectivity index (χ3n) is 6.21. The van der Waals surface area contributed by atoms with Crippen LogP contribution in [0.4, 0.5) is 0 Å². The molecule has 1 atom stereocenters. The second-order valence-electron chi connectivity index (χ2n) is 8.84. The van der Waals surface area contributed by atoms with Gasteiger partial charge in [0.15, 0.2) is 0 Å². The van der Waals surface area contributed by atoms with Crippen molar-refractivity contribution >= 4 is 21.8 Å². The zero-order valence-electron chi connectivity index (χ0n) is 21.1. The van der Waals surface area contributed by atoms with Gasteiger partial charge in [-0.25, -0.2) is 8.42 Å². The Balaban J connectivity index is 1.95. The van der Waals surface area contributed by atoms with Crippen molar-refractivity contribution in [1.29, 1.82) is 0 Å². The summed E-state index contributed by atoms with van der Waals surface area (Å²) < 4.78 is 27.3. The van der Waals surface area contributed by atoms with E-state index >= 15 is 0 Å². The summed E-state index contributed by atoms with van der Waals surface area (Å²) in [5.41, 5.74) is 3.70. The molecule has 3 aromatic carbocycles. The average molecular weight is 508 g/mol. The number of carbonyl (C=O) groups excluding carboxylic acids is 2. The molecular formula is C28H33N3O4S. The first-order valence-electron chi connectivity index (χ1n) is 11.8. The Hall–Kier alpha value is -3.49. The standard InChI is InChI=1S/C28H33N3O4S/c1-21-14-16-25(17-15-21)36(34,35)30(4)20-27(32)31(19-24-13-9-8-10-22(24)2)26(28(33)29-3)18-23-11-6-5-7-12-23/h5-17,26H,18-20H2,1-4H3,(H,29,33). The van der Waals surface area contributed by atoms with Crippen molar-refractivity contribution in [2.45, 2.75) is 37.8 Å². The van der Waals surface area contributed by atoms with Crippen molar-refractivity contribution in [2.75, 3.05) is 20.6 Å². The molecule has 0 bridgehead atoms. The molecule has 1 N–H and O–H groups in total. The molecule has 190 valence electrons. The number of nitrogens with zero attached hydrogens (tertiary/aromatic N) is 2. The lowest BCUT2D eigenvalue weighted by Crippen LogP contribution is -2.52. The van der Waals surface area contributed by atoms with Crippen LogP contribution in [0.2, 0.25) is 0 Å². The molecule has 0 aliphatic heterocycles. The number of sulfonamides is 1. The monoisotopic (exact) mass is 507 g/mol. The van der Waals surface area contributed by atoms with Gasteiger partial charge in [-0.05, 0) is 42.7 Å². The van der Waals surface area contributed by atoms with Gasteiger partial charge in [-0.15, -0.1) is 0 Å². The van der Waals surface area contributed by atoms with Gasteiger partial charge in [0.25, 0.3) is 0 Å². The first-order chi connectivity index (χ1) is 17.1. The first kappa shape index (κ1) is 27.1. The number of rotatable bonds is 10. The second kappa shape index (κ2) is 12.0. The summed E-state index contributed by atoms with van der Waals surface area (Å²) in [4.78, 5) is 28.3. The van der Waals surface area contributed by atoms with Crippen molar-refractivity contribution in [3.8, 4) is 0 Å². The number of aryl methyl sites for hydroxylation is 2. The number of nitrogens with one attached hydrogen (secondary N) is 1. The van der Waals surface area contributed by atoms with Crippen molar-refractivity contribution in [3.05, 3.63) is 101 Å². The molecule has 36 heavy (non-hydrogen) atoms. The number of amides is 2. The van der Waals surface area contributed by atoms with Crippen molar-refractivity contribution in [1.82, 2.24) is 14.5 Å². The van der Waals surface area contributed by atoms with E-state index in [0.717, 1.165) is 26.6 Å². The molecule has 0 aliphatic carbocycles. The second-order valence-corrected chi connectivity index (χ2v) is 10.9. The van der Waals surface area contributed by atoms with E-state index in [1.165, 1.54) is 31.1 Å². The van der Waals surface area contributed by atoms with Gasteiger partial charge in [-0.2, -0.15) is 4.31 Å². The van der Waals surface area contributed by atoms with Crippen molar-refractivity contribution < 1.29 is 18.0 Å². The Labute approximate surface area is 213 Å². The first-order valence-corrected chi connectivity index (χ1v) is 13.2. The van der Waals surface area contributed by atoms with E-state index in [-0.39, 0.29) is 17.3 Å². The maximum atomic E-state index is 13.7. The molecule has 2 amide bonds. The predicted octanol–water partition coefficient (Wildman–Crippen LogP) is 3.31. The number of likely N-dealkylation sites (N-methyl/N-ethyl adjacent to an activating group) is 2. The molecule has 0 aliphatic rings. The largest absolute Gasteiger partial charge is 0.357 e. The normalized spacial score (nSPS) is 12.2. The van der Waals surface area contributed by atoms with Crippen LogP contribution < -0.4 is 5.32 Å². The molecule has 7 nitrogen and oxygen atoms in total. The van der Waals surface area contributed by atoms with Crippen LogP contribution in [0, 0.1) is 13.8 Å². The molecule has 0 spiro atoms. The highest BCUT2D eigenvalue weighted by molar-refractivity contribution is 7.89. The molecule has 0 aromatic heterocycles. The summed E-state index contributed by atoms with van der Waals surface area (Å²) in [6, 6.07) is 22.8. The molecule has 0 saturated heterocycles. The zero-order valence-corrected chi connectivity index (χ0v) is 22.0. The Kier molecular flexibility index (Phi) is 9.01. The number of benzene rings is 3. The van der Waals surface area contributed by atoms with Crippen LogP contribution in [-0.2, 0) is 32.6 Å². The summed E-state index contributed by atoms with van der Waals surface area (Å²) in [6.07, 6.45) is 0.298. The van der Waals surface area contributed by atoms with Gasteiger partial charge in [-0.3, -0.25) is 9.59 Å². The van der Waals surface area contributed by atoms with Crippen LogP contribution in [0.15, 0.2) is 83.8 Å². The van der Waals surface area contributed by atoms with Gasteiger partial charge < -0.3 is 10.2 Å². The van der Waals surface area contributed by atoms with Gasteiger partial charge in [-0.1, -0.05) is 72.3 Å². The van der Waals surface area contributed by atoms with Gasteiger partial charge in [0, 0.05) is 27.1 Å². The Morgan fingerprint density at radius 3 is 2.11 bits per heavy atom. The number of hydrogen-bond donors (Lipinski definition) is 1. The highest BCUT2D eigenvalue weighted by atomic mass is 32.2. The lowest BCUT2D eigenvalue weighted by Gasteiger charge is -2.32. The summed E-state index contributed by atoms with van der Waals surface area (Å²) in [6.45, 7) is 3.59. The summed E-state index contributed by atoms with van der Waals surface area (Å²) in [5, 5.41) is 2.67. The third kappa shape index (κ3) is 6.59. The van der Waals surface area contributed by atoms with Gasteiger partial charge in [0.1, 0.15) is 6.04 Å². The minimum Gasteiger partial charge on any atom is -0.357 e. The van der Waals surface area contributed by atoms with Crippen molar-refractivity contribution in [2.24, 2.45) is 0 Å². The van der Waals surface area contributed by atoms with Gasteiger partial charge >= 0.3 is 0 Å². The lowest BCUT2D eigenvalue weighted by molar-refractivity contribution is -0.141. The van der Waals surface area contributed by atoms with Crippen LogP contribution in [-0.4, -0.2) is 56.1 Å². The highest BCUT2D eigenvalue weighted by Gasteiger charge is 2.32. The molecule has 0 fully saturated rings. The summed E-state index contributed by atoms with van der Waals surface area (Å²) in [5.74, 6) is -0.772. The fraction of sp³-hybridized carbons (Fsp3) is 0.286. The molecule has 0 saturated carbocycles. The third-order valence-corrected chi connectivity index (χ3v) is 8.02. The smallest absolute Gasteiger partial charge is 0.243 e. The Bertz CT molecular complexity index is 1290. The molecule has 3 rings (SSSR count). The average Bonchev–Trinajstić information content (AvgIpc) is 2.87. The fourth-order valence-electron chi connectivity index (χ4n) is 3.95. The number of carbonyl (C=O) groups is 2. The molecule has 0 heterocycles. The van der Waals surface area contributed by atoms with Crippen LogP contribution in [0.5, 0.6) is 0 Å². The Morgan fingerprint density at radius 2 is 1.50 bits per heavy atom. The highest BCUT2D eigenvalue weighted by Crippen LogP contribution is 2.19. The van der Waals surface area contributed by atoms with E-state index < -0.39 is 28.5 Å². The van der Waals surface area contributed by atoms with Crippen LogP contribution in [0.3, 0.4) is 0 Å². The molecule has 1 unspecified atom stereocenters. The summed E-state index contributed by atoms with van der Waals surface area (Å²) >= 11 is 0. The van der Waals surface area contributed by atoms with E-state index in [2.05, 4.69) is 5.32 Å². The van der Waals surface area contributed by atoms with E-state index in [4.69, 9.17) is 0 Å². The molecular weight excluding hydrogens is 474 g/mol. The topological polar surface area (TPSA) is 86.8 Å². The molecule has 8 heteroatoms. The quantitative estimate of drug-likeness (QED) is 0.456. The minimum atomic E-state index is -3.89. The van der Waals surface area contributed by atoms with Gasteiger partial charge in [0.2, 0.25) is 21.8 Å². The lowest BCUT2D eigenvalue weighted by atomic mass is 10.0. The van der Waals surface area contributed by atoms with E-state index in [1.54, 1.807) is 12.1 Å². The minimum absolute atomic E-state index is 0.112. The van der Waals surface area contributed by atoms with Crippen LogP contribution >= 0.6 is 0 Å². The van der Waals surface area contributed by atoms with Crippen molar-refractivity contribution in [3.63, 3.8) is 0 Å². The summed E-state index contributed by atoms with van der Waals surface area (Å²) in [7, 11) is -0.978. The Morgan fingerprint density at radius 1 is 0.889 bits per heavy atom. The number of hydrogen-bond acceptors (Lipinski definition) is 4. The predicted molar refractivity (Wildman–Crippen MR) is 141 cm³/mol. The zero-order chi connectivity index (χ0) is 26.3. The van der Waals surface area contributed by atoms with E-state index in [9.17, 15) is 18.0 Å². The van der Waals surface area contributed by atoms with E-state index in [0.29, 0.717) is 6.42 Å². The van der Waals surface area contributed by atoms with Gasteiger partial charge in [0.05, 0.1) is 11.4 Å². The SMILES string of the molecule is CNC(=O)C(Cc1ccccc1)N(Cc1ccccc1C)C(=O)CN(C)S(=O)(=O)c1ccc(C)cc1. The van der Waals surface area contributed by atoms with E-state index in [1.807, 2.05) is 68.4 Å². The fourth-order valence-corrected chi connectivity index (χ4v) is 5.07. The maximum Gasteiger partial charge on any atom is 0.243 e. The van der Waals surface area contributed by atoms with Crippen LogP contribution in [0.25, 0.3) is 0 Å². The van der Waals surface area contributed by atoms with Crippen LogP contribution in [0.1, 0.15) is 22.3 Å².